The predicted molar refractivity (Wildman–Crippen MR) is 139 cm³/mol. The van der Waals surface area contributed by atoms with Gasteiger partial charge in [0.2, 0.25) is 0 Å². The molecule has 0 spiro atoms. The van der Waals surface area contributed by atoms with E-state index in [-0.39, 0.29) is 18.0 Å². The zero-order chi connectivity index (χ0) is 26.7. The Morgan fingerprint density at radius 2 is 1.58 bits per heavy atom. The fraction of sp³-hybridized carbons (Fsp3) is 0.889. The van der Waals surface area contributed by atoms with Crippen molar-refractivity contribution in [3.63, 3.8) is 0 Å². The standard InChI is InChI=1S/C19H34N2O4.C8H15NO2/c1-14-13-20(18(23)25-19(2,3)4)12-10-16(14)21-11-6-7-15(21)8-9-17(22)24-5;1-11-8(10)5-4-7-3-2-6-9-7/h14-16H,6-13H2,1-5H3;7,9H,2-6H2,1H3/t14?,15-,16?;7-/m00/s1. The molecule has 3 heterocycles. The van der Waals surface area contributed by atoms with E-state index in [9.17, 15) is 14.4 Å². The quantitative estimate of drug-likeness (QED) is 0.408. The van der Waals surface area contributed by atoms with Crippen LogP contribution in [0.4, 0.5) is 4.79 Å². The summed E-state index contributed by atoms with van der Waals surface area (Å²) in [6.07, 6.45) is 8.37. The van der Waals surface area contributed by atoms with E-state index in [1.165, 1.54) is 33.5 Å². The molecule has 1 amide bonds. The van der Waals surface area contributed by atoms with Crippen molar-refractivity contribution in [1.82, 2.24) is 15.1 Å². The number of hydrogen-bond acceptors (Lipinski definition) is 8. The first-order valence-corrected chi connectivity index (χ1v) is 13.6. The Labute approximate surface area is 217 Å². The highest BCUT2D eigenvalue weighted by Crippen LogP contribution is 2.31. The second-order valence-corrected chi connectivity index (χ2v) is 11.3. The van der Waals surface area contributed by atoms with Crippen LogP contribution in [0.25, 0.3) is 0 Å². The van der Waals surface area contributed by atoms with Crippen LogP contribution in [0.3, 0.4) is 0 Å². The minimum absolute atomic E-state index is 0.0984. The average Bonchev–Trinajstić information content (AvgIpc) is 3.52. The lowest BCUT2D eigenvalue weighted by atomic mass is 9.91. The number of piperidine rings is 1. The number of hydrogen-bond donors (Lipinski definition) is 1. The summed E-state index contributed by atoms with van der Waals surface area (Å²) in [7, 11) is 2.88. The van der Waals surface area contributed by atoms with Crippen LogP contribution in [-0.4, -0.2) is 92.0 Å². The molecule has 4 atom stereocenters. The van der Waals surface area contributed by atoms with Crippen molar-refractivity contribution in [2.24, 2.45) is 5.92 Å². The highest BCUT2D eigenvalue weighted by atomic mass is 16.6. The number of esters is 2. The minimum atomic E-state index is -0.453. The molecule has 36 heavy (non-hydrogen) atoms. The third kappa shape index (κ3) is 10.2. The molecule has 3 aliphatic heterocycles. The molecule has 0 aromatic carbocycles. The highest BCUT2D eigenvalue weighted by Gasteiger charge is 2.38. The van der Waals surface area contributed by atoms with Gasteiger partial charge in [0.05, 0.1) is 14.2 Å². The van der Waals surface area contributed by atoms with Crippen molar-refractivity contribution in [3.05, 3.63) is 0 Å². The lowest BCUT2D eigenvalue weighted by molar-refractivity contribution is -0.141. The molecule has 9 heteroatoms. The van der Waals surface area contributed by atoms with E-state index in [4.69, 9.17) is 9.47 Å². The van der Waals surface area contributed by atoms with Gasteiger partial charge in [0.25, 0.3) is 0 Å². The molecule has 0 radical (unpaired) electrons. The van der Waals surface area contributed by atoms with E-state index in [1.807, 2.05) is 25.7 Å². The van der Waals surface area contributed by atoms with Crippen LogP contribution in [0.2, 0.25) is 0 Å². The molecular formula is C27H49N3O6. The summed E-state index contributed by atoms with van der Waals surface area (Å²) in [5.74, 6) is 0.179. The molecule has 3 rings (SSSR count). The SMILES string of the molecule is COC(=O)CC[C@@H]1CCCN1.COC(=O)CC[C@@H]1CCCN1C1CCN(C(=O)OC(C)(C)C)CC1C. The second kappa shape index (κ2) is 14.8. The summed E-state index contributed by atoms with van der Waals surface area (Å²) >= 11 is 0. The van der Waals surface area contributed by atoms with E-state index in [0.717, 1.165) is 51.9 Å². The van der Waals surface area contributed by atoms with Gasteiger partial charge in [0.1, 0.15) is 5.60 Å². The molecule has 0 aliphatic carbocycles. The molecule has 208 valence electrons. The molecule has 9 nitrogen and oxygen atoms in total. The second-order valence-electron chi connectivity index (χ2n) is 11.3. The Kier molecular flexibility index (Phi) is 12.4. The van der Waals surface area contributed by atoms with Crippen LogP contribution in [0.15, 0.2) is 0 Å². The largest absolute Gasteiger partial charge is 0.469 e. The Morgan fingerprint density at radius 3 is 2.14 bits per heavy atom. The number of rotatable bonds is 7. The van der Waals surface area contributed by atoms with Crippen molar-refractivity contribution < 1.29 is 28.6 Å². The van der Waals surface area contributed by atoms with Crippen LogP contribution in [0.5, 0.6) is 0 Å². The lowest BCUT2D eigenvalue weighted by Gasteiger charge is -2.43. The van der Waals surface area contributed by atoms with E-state index in [2.05, 4.69) is 21.9 Å². The van der Waals surface area contributed by atoms with Gasteiger partial charge in [-0.05, 0) is 84.7 Å². The summed E-state index contributed by atoms with van der Waals surface area (Å²) < 4.78 is 14.8. The van der Waals surface area contributed by atoms with Crippen LogP contribution >= 0.6 is 0 Å². The number of amides is 1. The predicted octanol–water partition coefficient (Wildman–Crippen LogP) is 3.74. The first kappa shape index (κ1) is 30.4. The fourth-order valence-electron chi connectivity index (χ4n) is 5.51. The molecule has 2 unspecified atom stereocenters. The van der Waals surface area contributed by atoms with E-state index in [1.54, 1.807) is 0 Å². The van der Waals surface area contributed by atoms with Gasteiger partial charge in [-0.2, -0.15) is 0 Å². The van der Waals surface area contributed by atoms with Gasteiger partial charge in [0.15, 0.2) is 0 Å². The molecule has 0 saturated carbocycles. The zero-order valence-corrected chi connectivity index (χ0v) is 23.3. The lowest BCUT2D eigenvalue weighted by Crippen LogP contribution is -2.53. The van der Waals surface area contributed by atoms with Crippen molar-refractivity contribution in [2.75, 3.05) is 40.4 Å². The Balaban J connectivity index is 0.000000346. The van der Waals surface area contributed by atoms with Crippen LogP contribution in [-0.2, 0) is 23.8 Å². The van der Waals surface area contributed by atoms with E-state index >= 15 is 0 Å². The van der Waals surface area contributed by atoms with Gasteiger partial charge in [-0.15, -0.1) is 0 Å². The summed E-state index contributed by atoms with van der Waals surface area (Å²) in [6, 6.07) is 1.48. The van der Waals surface area contributed by atoms with Gasteiger partial charge in [-0.25, -0.2) is 4.79 Å². The molecular weight excluding hydrogens is 462 g/mol. The fourth-order valence-corrected chi connectivity index (χ4v) is 5.51. The number of ether oxygens (including phenoxy) is 3. The summed E-state index contributed by atoms with van der Waals surface area (Å²) in [5.41, 5.74) is -0.453. The number of methoxy groups -OCH3 is 2. The molecule has 0 aromatic rings. The Hall–Kier alpha value is -1.87. The van der Waals surface area contributed by atoms with Gasteiger partial charge in [-0.3, -0.25) is 14.5 Å². The first-order valence-electron chi connectivity index (χ1n) is 13.6. The van der Waals surface area contributed by atoms with Gasteiger partial charge in [0, 0.05) is 44.1 Å². The zero-order valence-electron chi connectivity index (χ0n) is 23.3. The maximum Gasteiger partial charge on any atom is 0.410 e. The summed E-state index contributed by atoms with van der Waals surface area (Å²) in [5, 5.41) is 3.33. The number of likely N-dealkylation sites (tertiary alicyclic amines) is 2. The van der Waals surface area contributed by atoms with E-state index in [0.29, 0.717) is 36.9 Å². The minimum Gasteiger partial charge on any atom is -0.469 e. The van der Waals surface area contributed by atoms with Crippen molar-refractivity contribution in [2.45, 2.75) is 109 Å². The maximum atomic E-state index is 12.3. The van der Waals surface area contributed by atoms with Gasteiger partial charge >= 0.3 is 18.0 Å². The topological polar surface area (TPSA) is 97.4 Å². The molecule has 3 saturated heterocycles. The van der Waals surface area contributed by atoms with Crippen LogP contribution < -0.4 is 5.32 Å². The molecule has 1 N–H and O–H groups in total. The molecule has 0 aromatic heterocycles. The normalized spacial score (nSPS) is 26.7. The Morgan fingerprint density at radius 1 is 0.917 bits per heavy atom. The maximum absolute atomic E-state index is 12.3. The number of nitrogens with one attached hydrogen (secondary N) is 1. The highest BCUT2D eigenvalue weighted by molar-refractivity contribution is 5.69. The van der Waals surface area contributed by atoms with Crippen molar-refractivity contribution in [1.29, 1.82) is 0 Å². The van der Waals surface area contributed by atoms with E-state index < -0.39 is 5.60 Å². The monoisotopic (exact) mass is 511 g/mol. The summed E-state index contributed by atoms with van der Waals surface area (Å²) in [6.45, 7) is 11.6. The average molecular weight is 512 g/mol. The van der Waals surface area contributed by atoms with Crippen molar-refractivity contribution >= 4 is 18.0 Å². The molecule has 3 fully saturated rings. The third-order valence-corrected chi connectivity index (χ3v) is 7.36. The molecule has 3 aliphatic rings. The van der Waals surface area contributed by atoms with Gasteiger partial charge in [-0.1, -0.05) is 6.92 Å². The number of carbonyl (C=O) groups is 3. The number of carbonyl (C=O) groups excluding carboxylic acids is 3. The van der Waals surface area contributed by atoms with Crippen molar-refractivity contribution in [3.8, 4) is 0 Å². The van der Waals surface area contributed by atoms with Crippen LogP contribution in [0.1, 0.15) is 85.5 Å². The summed E-state index contributed by atoms with van der Waals surface area (Å²) in [4.78, 5) is 38.9. The third-order valence-electron chi connectivity index (χ3n) is 7.36. The first-order chi connectivity index (χ1) is 17.0. The smallest absolute Gasteiger partial charge is 0.410 e. The molecule has 0 bridgehead atoms. The Bertz CT molecular complexity index is 704. The number of nitrogens with zero attached hydrogens (tertiary/aromatic N) is 2. The van der Waals surface area contributed by atoms with Gasteiger partial charge < -0.3 is 24.4 Å². The van der Waals surface area contributed by atoms with Crippen LogP contribution in [0, 0.1) is 5.92 Å².